The number of nitrogens with zero attached hydrogens (tertiary/aromatic N) is 1. The Hall–Kier alpha value is -2.69. The summed E-state index contributed by atoms with van der Waals surface area (Å²) in [6.45, 7) is 1.55. The van der Waals surface area contributed by atoms with E-state index in [0.717, 1.165) is 0 Å². The number of aryl methyl sites for hydroxylation is 1. The molecule has 0 radical (unpaired) electrons. The SMILES string of the molecule is Cc1ccc(C(=O)N2CC(=O)Nc3ccccc32)cc1F. The Morgan fingerprint density at radius 3 is 2.76 bits per heavy atom. The molecule has 0 saturated carbocycles. The van der Waals surface area contributed by atoms with Crippen LogP contribution < -0.4 is 10.2 Å². The van der Waals surface area contributed by atoms with Gasteiger partial charge in [0.25, 0.3) is 5.91 Å². The Morgan fingerprint density at radius 2 is 2.00 bits per heavy atom. The van der Waals surface area contributed by atoms with Gasteiger partial charge in [0.15, 0.2) is 0 Å². The van der Waals surface area contributed by atoms with Gasteiger partial charge in [0, 0.05) is 5.56 Å². The predicted molar refractivity (Wildman–Crippen MR) is 77.9 cm³/mol. The van der Waals surface area contributed by atoms with Crippen LogP contribution in [0, 0.1) is 12.7 Å². The zero-order chi connectivity index (χ0) is 15.0. The Bertz CT molecular complexity index is 743. The molecule has 106 valence electrons. The molecule has 1 aliphatic rings. The van der Waals surface area contributed by atoms with Gasteiger partial charge in [-0.15, -0.1) is 0 Å². The number of nitrogens with one attached hydrogen (secondary N) is 1. The molecule has 1 aliphatic heterocycles. The van der Waals surface area contributed by atoms with Gasteiger partial charge in [-0.1, -0.05) is 18.2 Å². The molecule has 0 aromatic heterocycles. The smallest absolute Gasteiger partial charge is 0.258 e. The van der Waals surface area contributed by atoms with Gasteiger partial charge in [0.1, 0.15) is 12.4 Å². The van der Waals surface area contributed by atoms with Gasteiger partial charge in [-0.2, -0.15) is 0 Å². The second-order valence-corrected chi connectivity index (χ2v) is 4.92. The maximum Gasteiger partial charge on any atom is 0.258 e. The lowest BCUT2D eigenvalue weighted by Gasteiger charge is -2.29. The van der Waals surface area contributed by atoms with E-state index in [4.69, 9.17) is 0 Å². The first kappa shape index (κ1) is 13.3. The molecule has 0 atom stereocenters. The van der Waals surface area contributed by atoms with Gasteiger partial charge < -0.3 is 5.32 Å². The summed E-state index contributed by atoms with van der Waals surface area (Å²) in [5, 5.41) is 2.71. The molecule has 0 unspecified atom stereocenters. The van der Waals surface area contributed by atoms with Crippen LogP contribution in [-0.2, 0) is 4.79 Å². The quantitative estimate of drug-likeness (QED) is 0.875. The summed E-state index contributed by atoms with van der Waals surface area (Å²) < 4.78 is 13.6. The number of rotatable bonds is 1. The van der Waals surface area contributed by atoms with E-state index < -0.39 is 11.7 Å². The first-order valence-electron chi connectivity index (χ1n) is 6.53. The fraction of sp³-hybridized carbons (Fsp3) is 0.125. The summed E-state index contributed by atoms with van der Waals surface area (Å²) in [6.07, 6.45) is 0. The second-order valence-electron chi connectivity index (χ2n) is 4.92. The summed E-state index contributed by atoms with van der Waals surface area (Å²) in [7, 11) is 0. The predicted octanol–water partition coefficient (Wildman–Crippen LogP) is 2.73. The lowest BCUT2D eigenvalue weighted by molar-refractivity contribution is -0.115. The molecule has 2 amide bonds. The van der Waals surface area contributed by atoms with Crippen LogP contribution in [0.1, 0.15) is 15.9 Å². The summed E-state index contributed by atoms with van der Waals surface area (Å²) in [6, 6.07) is 11.4. The third-order valence-corrected chi connectivity index (χ3v) is 3.43. The van der Waals surface area contributed by atoms with E-state index in [0.29, 0.717) is 16.9 Å². The number of halogens is 1. The molecule has 2 aromatic rings. The minimum atomic E-state index is -0.435. The number of para-hydroxylation sites is 2. The standard InChI is InChI=1S/C16H13FN2O2/c1-10-6-7-11(8-12(10)17)16(21)19-9-15(20)18-13-4-2-3-5-14(13)19/h2-8H,9H2,1H3,(H,18,20). The molecule has 4 nitrogen and oxygen atoms in total. The average molecular weight is 284 g/mol. The van der Waals surface area contributed by atoms with Crippen molar-refractivity contribution in [3.05, 3.63) is 59.4 Å². The first-order valence-corrected chi connectivity index (χ1v) is 6.53. The molecule has 5 heteroatoms. The van der Waals surface area contributed by atoms with E-state index in [-0.39, 0.29) is 18.0 Å². The maximum atomic E-state index is 13.6. The first-order chi connectivity index (χ1) is 10.1. The van der Waals surface area contributed by atoms with Crippen LogP contribution in [0.4, 0.5) is 15.8 Å². The molecule has 0 spiro atoms. The van der Waals surface area contributed by atoms with Crippen molar-refractivity contribution in [3.8, 4) is 0 Å². The van der Waals surface area contributed by atoms with Crippen LogP contribution >= 0.6 is 0 Å². The van der Waals surface area contributed by atoms with Gasteiger partial charge in [-0.05, 0) is 36.8 Å². The number of benzene rings is 2. The van der Waals surface area contributed by atoms with Crippen LogP contribution in [0.3, 0.4) is 0 Å². The van der Waals surface area contributed by atoms with Crippen LogP contribution in [0.25, 0.3) is 0 Å². The topological polar surface area (TPSA) is 49.4 Å². The number of hydrogen-bond donors (Lipinski definition) is 1. The highest BCUT2D eigenvalue weighted by atomic mass is 19.1. The molecular weight excluding hydrogens is 271 g/mol. The summed E-state index contributed by atoms with van der Waals surface area (Å²) in [5.74, 6) is -1.10. The molecule has 0 bridgehead atoms. The van der Waals surface area contributed by atoms with Crippen LogP contribution in [0.15, 0.2) is 42.5 Å². The average Bonchev–Trinajstić information content (AvgIpc) is 2.48. The largest absolute Gasteiger partial charge is 0.323 e. The second kappa shape index (κ2) is 5.01. The Labute approximate surface area is 121 Å². The van der Waals surface area contributed by atoms with E-state index in [1.807, 2.05) is 0 Å². The normalized spacial score (nSPS) is 13.6. The third kappa shape index (κ3) is 2.38. The summed E-state index contributed by atoms with van der Waals surface area (Å²) in [4.78, 5) is 25.6. The lowest BCUT2D eigenvalue weighted by Crippen LogP contribution is -2.42. The van der Waals surface area contributed by atoms with Crippen molar-refractivity contribution in [1.82, 2.24) is 0 Å². The molecule has 2 aromatic carbocycles. The highest BCUT2D eigenvalue weighted by Crippen LogP contribution is 2.30. The van der Waals surface area contributed by atoms with Crippen molar-refractivity contribution in [2.45, 2.75) is 6.92 Å². The molecule has 1 heterocycles. The van der Waals surface area contributed by atoms with Crippen LogP contribution in [0.5, 0.6) is 0 Å². The van der Waals surface area contributed by atoms with Gasteiger partial charge in [0.2, 0.25) is 5.91 Å². The Balaban J connectivity index is 2.01. The Kier molecular flexibility index (Phi) is 3.17. The van der Waals surface area contributed by atoms with E-state index >= 15 is 0 Å². The van der Waals surface area contributed by atoms with Gasteiger partial charge in [0.05, 0.1) is 11.4 Å². The highest BCUT2D eigenvalue weighted by Gasteiger charge is 2.27. The number of carbonyl (C=O) groups excluding carboxylic acids is 2. The van der Waals surface area contributed by atoms with Crippen LogP contribution in [-0.4, -0.2) is 18.4 Å². The van der Waals surface area contributed by atoms with Crippen molar-refractivity contribution in [2.75, 3.05) is 16.8 Å². The molecule has 0 aliphatic carbocycles. The van der Waals surface area contributed by atoms with Gasteiger partial charge >= 0.3 is 0 Å². The van der Waals surface area contributed by atoms with E-state index in [1.165, 1.54) is 11.0 Å². The number of amides is 2. The zero-order valence-electron chi connectivity index (χ0n) is 11.4. The minimum absolute atomic E-state index is 0.0780. The number of carbonyl (C=O) groups is 2. The third-order valence-electron chi connectivity index (χ3n) is 3.43. The molecule has 0 saturated heterocycles. The summed E-state index contributed by atoms with van der Waals surface area (Å²) >= 11 is 0. The van der Waals surface area contributed by atoms with E-state index in [9.17, 15) is 14.0 Å². The fourth-order valence-corrected chi connectivity index (χ4v) is 2.30. The van der Waals surface area contributed by atoms with E-state index in [2.05, 4.69) is 5.32 Å². The molecule has 0 fully saturated rings. The van der Waals surface area contributed by atoms with Gasteiger partial charge in [-0.25, -0.2) is 4.39 Å². The van der Waals surface area contributed by atoms with Crippen molar-refractivity contribution < 1.29 is 14.0 Å². The maximum absolute atomic E-state index is 13.6. The fourth-order valence-electron chi connectivity index (χ4n) is 2.30. The highest BCUT2D eigenvalue weighted by molar-refractivity contribution is 6.15. The molecule has 1 N–H and O–H groups in total. The molecule has 21 heavy (non-hydrogen) atoms. The molecular formula is C16H13FN2O2. The minimum Gasteiger partial charge on any atom is -0.323 e. The number of anilines is 2. The van der Waals surface area contributed by atoms with E-state index in [1.54, 1.807) is 43.3 Å². The number of hydrogen-bond acceptors (Lipinski definition) is 2. The Morgan fingerprint density at radius 1 is 1.24 bits per heavy atom. The van der Waals surface area contributed by atoms with Crippen molar-refractivity contribution >= 4 is 23.2 Å². The summed E-state index contributed by atoms with van der Waals surface area (Å²) in [5.41, 5.74) is 1.89. The van der Waals surface area contributed by atoms with Crippen LogP contribution in [0.2, 0.25) is 0 Å². The van der Waals surface area contributed by atoms with Crippen molar-refractivity contribution in [2.24, 2.45) is 0 Å². The lowest BCUT2D eigenvalue weighted by atomic mass is 10.1. The zero-order valence-corrected chi connectivity index (χ0v) is 11.4. The van der Waals surface area contributed by atoms with Crippen molar-refractivity contribution in [3.63, 3.8) is 0 Å². The monoisotopic (exact) mass is 284 g/mol. The van der Waals surface area contributed by atoms with Gasteiger partial charge in [-0.3, -0.25) is 14.5 Å². The van der Waals surface area contributed by atoms with Crippen molar-refractivity contribution in [1.29, 1.82) is 0 Å². The molecule has 3 rings (SSSR count). The number of fused-ring (bicyclic) bond motifs is 1.